The van der Waals surface area contributed by atoms with Gasteiger partial charge in [-0.25, -0.2) is 0 Å². The van der Waals surface area contributed by atoms with Gasteiger partial charge in [0.2, 0.25) is 5.91 Å². The van der Waals surface area contributed by atoms with Crippen LogP contribution in [0.5, 0.6) is 0 Å². The highest BCUT2D eigenvalue weighted by Crippen LogP contribution is 2.20. The number of carbonyl (C=O) groups is 1. The zero-order valence-electron chi connectivity index (χ0n) is 11.4. The molecule has 1 aromatic rings. The Kier molecular flexibility index (Phi) is 4.96. The molecule has 0 spiro atoms. The van der Waals surface area contributed by atoms with Crippen molar-refractivity contribution in [1.82, 2.24) is 10.2 Å². The smallest absolute Gasteiger partial charge is 0.234 e. The summed E-state index contributed by atoms with van der Waals surface area (Å²) in [5.74, 6) is 0.0610. The molecule has 2 rings (SSSR count). The number of nitrogens with zero attached hydrogens (tertiary/aromatic N) is 1. The molecule has 0 unspecified atom stereocenters. The largest absolute Gasteiger partial charge is 0.389 e. The summed E-state index contributed by atoms with van der Waals surface area (Å²) in [5, 5.41) is 3.58. The van der Waals surface area contributed by atoms with Gasteiger partial charge < -0.3 is 11.1 Å². The minimum absolute atomic E-state index is 0.0610. The summed E-state index contributed by atoms with van der Waals surface area (Å²) in [4.78, 5) is 14.0. The summed E-state index contributed by atoms with van der Waals surface area (Å²) in [6.45, 7) is 0.971. The second kappa shape index (κ2) is 6.52. The zero-order valence-corrected chi connectivity index (χ0v) is 12.9. The first kappa shape index (κ1) is 15.2. The maximum absolute atomic E-state index is 11.7. The van der Waals surface area contributed by atoms with E-state index in [1.54, 1.807) is 6.07 Å². The average Bonchev–Trinajstić information content (AvgIpc) is 3.15. The van der Waals surface area contributed by atoms with E-state index in [0.29, 0.717) is 29.1 Å². The summed E-state index contributed by atoms with van der Waals surface area (Å²) in [5.41, 5.74) is 7.27. The number of benzene rings is 1. The molecule has 0 saturated heterocycles. The average molecular weight is 312 g/mol. The summed E-state index contributed by atoms with van der Waals surface area (Å²) >= 11 is 11.1. The van der Waals surface area contributed by atoms with Gasteiger partial charge in [-0.3, -0.25) is 9.69 Å². The highest BCUT2D eigenvalue weighted by atomic mass is 35.5. The molecule has 3 N–H and O–H groups in total. The fourth-order valence-electron chi connectivity index (χ4n) is 1.92. The number of likely N-dealkylation sites (N-methyl/N-ethyl adjacent to an activating group) is 1. The lowest BCUT2D eigenvalue weighted by Crippen LogP contribution is -2.36. The van der Waals surface area contributed by atoms with Crippen LogP contribution in [0, 0.1) is 0 Å². The van der Waals surface area contributed by atoms with Crippen molar-refractivity contribution in [2.75, 3.05) is 13.6 Å². The quantitative estimate of drug-likeness (QED) is 0.785. The Labute approximate surface area is 129 Å². The van der Waals surface area contributed by atoms with Gasteiger partial charge in [0.05, 0.1) is 6.54 Å². The highest BCUT2D eigenvalue weighted by molar-refractivity contribution is 7.80. The molecule has 0 aromatic heterocycles. The lowest BCUT2D eigenvalue weighted by atomic mass is 10.1. The van der Waals surface area contributed by atoms with E-state index >= 15 is 0 Å². The molecule has 1 aliphatic rings. The van der Waals surface area contributed by atoms with Crippen molar-refractivity contribution in [1.29, 1.82) is 0 Å². The van der Waals surface area contributed by atoms with Crippen LogP contribution in [0.4, 0.5) is 0 Å². The minimum Gasteiger partial charge on any atom is -0.389 e. The van der Waals surface area contributed by atoms with E-state index in [0.717, 1.165) is 24.0 Å². The third kappa shape index (κ3) is 4.44. The van der Waals surface area contributed by atoms with Crippen LogP contribution in [0.2, 0.25) is 5.02 Å². The van der Waals surface area contributed by atoms with E-state index < -0.39 is 0 Å². The second-order valence-electron chi connectivity index (χ2n) is 5.18. The number of thiocarbonyl (C=S) groups is 1. The number of hydrogen-bond acceptors (Lipinski definition) is 3. The maximum atomic E-state index is 11.7. The van der Waals surface area contributed by atoms with Crippen LogP contribution in [0.1, 0.15) is 24.0 Å². The van der Waals surface area contributed by atoms with Gasteiger partial charge in [0, 0.05) is 23.2 Å². The normalized spacial score (nSPS) is 14.3. The van der Waals surface area contributed by atoms with Crippen molar-refractivity contribution in [3.63, 3.8) is 0 Å². The van der Waals surface area contributed by atoms with E-state index in [-0.39, 0.29) is 5.91 Å². The number of rotatable bonds is 6. The van der Waals surface area contributed by atoms with E-state index in [2.05, 4.69) is 5.32 Å². The Hall–Kier alpha value is -1.17. The van der Waals surface area contributed by atoms with Crippen LogP contribution in [0.3, 0.4) is 0 Å². The summed E-state index contributed by atoms with van der Waals surface area (Å²) in [6.07, 6.45) is 2.20. The predicted molar refractivity (Wildman–Crippen MR) is 84.8 cm³/mol. The van der Waals surface area contributed by atoms with Gasteiger partial charge in [-0.1, -0.05) is 36.0 Å². The summed E-state index contributed by atoms with van der Waals surface area (Å²) in [6, 6.07) is 5.90. The molecule has 1 aliphatic carbocycles. The van der Waals surface area contributed by atoms with Crippen LogP contribution in [-0.2, 0) is 11.3 Å². The SMILES string of the molecule is CN(CC(=O)NC1CC1)Cc1ccc(C(N)=S)cc1Cl. The first-order chi connectivity index (χ1) is 9.45. The van der Waals surface area contributed by atoms with Crippen molar-refractivity contribution in [3.8, 4) is 0 Å². The highest BCUT2D eigenvalue weighted by Gasteiger charge is 2.23. The van der Waals surface area contributed by atoms with Gasteiger partial charge in [0.25, 0.3) is 0 Å². The number of halogens is 1. The Morgan fingerprint density at radius 1 is 1.55 bits per heavy atom. The molecule has 1 amide bonds. The molecule has 4 nitrogen and oxygen atoms in total. The maximum Gasteiger partial charge on any atom is 0.234 e. The first-order valence-corrected chi connectivity index (χ1v) is 7.30. The van der Waals surface area contributed by atoms with E-state index in [4.69, 9.17) is 29.6 Å². The van der Waals surface area contributed by atoms with Crippen LogP contribution in [0.25, 0.3) is 0 Å². The molecule has 0 atom stereocenters. The Balaban J connectivity index is 1.91. The molecular weight excluding hydrogens is 294 g/mol. The number of hydrogen-bond donors (Lipinski definition) is 2. The number of amides is 1. The standard InChI is InChI=1S/C14H18ClN3OS/c1-18(8-13(19)17-11-4-5-11)7-10-3-2-9(14(16)20)6-12(10)15/h2-3,6,11H,4-5,7-8H2,1H3,(H2,16,20)(H,17,19). The van der Waals surface area contributed by atoms with Crippen LogP contribution in [-0.4, -0.2) is 35.4 Å². The molecule has 1 saturated carbocycles. The number of carbonyl (C=O) groups excluding carboxylic acids is 1. The number of nitrogens with one attached hydrogen (secondary N) is 1. The summed E-state index contributed by atoms with van der Waals surface area (Å²) < 4.78 is 0. The molecule has 0 aliphatic heterocycles. The lowest BCUT2D eigenvalue weighted by Gasteiger charge is -2.17. The molecule has 1 aromatic carbocycles. The third-order valence-electron chi connectivity index (χ3n) is 3.13. The van der Waals surface area contributed by atoms with Gasteiger partial charge in [0.15, 0.2) is 0 Å². The fourth-order valence-corrected chi connectivity index (χ4v) is 2.29. The van der Waals surface area contributed by atoms with E-state index in [1.807, 2.05) is 24.1 Å². The Morgan fingerprint density at radius 3 is 2.80 bits per heavy atom. The fraction of sp³-hybridized carbons (Fsp3) is 0.429. The lowest BCUT2D eigenvalue weighted by molar-refractivity contribution is -0.122. The van der Waals surface area contributed by atoms with Crippen molar-refractivity contribution in [2.24, 2.45) is 5.73 Å². The van der Waals surface area contributed by atoms with Gasteiger partial charge >= 0.3 is 0 Å². The Bertz CT molecular complexity index is 531. The van der Waals surface area contributed by atoms with Crippen LogP contribution < -0.4 is 11.1 Å². The zero-order chi connectivity index (χ0) is 14.7. The predicted octanol–water partition coefficient (Wildman–Crippen LogP) is 1.68. The topological polar surface area (TPSA) is 58.4 Å². The molecule has 0 bridgehead atoms. The second-order valence-corrected chi connectivity index (χ2v) is 6.03. The van der Waals surface area contributed by atoms with E-state index in [9.17, 15) is 4.79 Å². The minimum atomic E-state index is 0.0610. The van der Waals surface area contributed by atoms with Crippen molar-refractivity contribution in [3.05, 3.63) is 34.3 Å². The van der Waals surface area contributed by atoms with Gasteiger partial charge in [-0.05, 0) is 31.5 Å². The molecule has 6 heteroatoms. The molecule has 0 radical (unpaired) electrons. The van der Waals surface area contributed by atoms with Gasteiger partial charge in [-0.15, -0.1) is 0 Å². The monoisotopic (exact) mass is 311 g/mol. The third-order valence-corrected chi connectivity index (χ3v) is 3.72. The summed E-state index contributed by atoms with van der Waals surface area (Å²) in [7, 11) is 1.89. The van der Waals surface area contributed by atoms with Crippen molar-refractivity contribution in [2.45, 2.75) is 25.4 Å². The molecule has 1 fully saturated rings. The van der Waals surface area contributed by atoms with Gasteiger partial charge in [0.1, 0.15) is 4.99 Å². The van der Waals surface area contributed by atoms with Crippen LogP contribution >= 0.6 is 23.8 Å². The van der Waals surface area contributed by atoms with Gasteiger partial charge in [-0.2, -0.15) is 0 Å². The molecule has 20 heavy (non-hydrogen) atoms. The molecule has 0 heterocycles. The Morgan fingerprint density at radius 2 is 2.25 bits per heavy atom. The first-order valence-electron chi connectivity index (χ1n) is 6.52. The molecular formula is C14H18ClN3OS. The number of nitrogens with two attached hydrogens (primary N) is 1. The van der Waals surface area contributed by atoms with Crippen LogP contribution in [0.15, 0.2) is 18.2 Å². The van der Waals surface area contributed by atoms with Crippen molar-refractivity contribution >= 4 is 34.7 Å². The van der Waals surface area contributed by atoms with Crippen molar-refractivity contribution < 1.29 is 4.79 Å². The molecule has 108 valence electrons. The van der Waals surface area contributed by atoms with E-state index in [1.165, 1.54) is 0 Å².